The third kappa shape index (κ3) is 4.72. The van der Waals surface area contributed by atoms with Gasteiger partial charge in [0.2, 0.25) is 5.91 Å². The Labute approximate surface area is 132 Å². The van der Waals surface area contributed by atoms with E-state index in [4.69, 9.17) is 11.6 Å². The Balaban J connectivity index is 1.92. The van der Waals surface area contributed by atoms with Gasteiger partial charge in [0, 0.05) is 24.2 Å². The number of piperidine rings is 1. The van der Waals surface area contributed by atoms with Crippen LogP contribution in [-0.2, 0) is 11.3 Å². The third-order valence-electron chi connectivity index (χ3n) is 4.23. The first-order valence-corrected chi connectivity index (χ1v) is 8.24. The Bertz CT molecular complexity index is 478. The SMILES string of the molecule is CCC(C)NC(=O)C1CCCN(Cc2ccccc2Cl)C1. The molecule has 1 N–H and O–H groups in total. The molecule has 1 aliphatic heterocycles. The van der Waals surface area contributed by atoms with Crippen LogP contribution in [0.2, 0.25) is 5.02 Å². The van der Waals surface area contributed by atoms with E-state index in [0.29, 0.717) is 0 Å². The summed E-state index contributed by atoms with van der Waals surface area (Å²) in [7, 11) is 0. The number of hydrogen-bond acceptors (Lipinski definition) is 2. The molecule has 1 saturated heterocycles. The number of carbonyl (C=O) groups is 1. The van der Waals surface area contributed by atoms with Crippen LogP contribution in [0.4, 0.5) is 0 Å². The van der Waals surface area contributed by atoms with Crippen LogP contribution in [0.5, 0.6) is 0 Å². The van der Waals surface area contributed by atoms with E-state index >= 15 is 0 Å². The fourth-order valence-electron chi connectivity index (χ4n) is 2.74. The van der Waals surface area contributed by atoms with Gasteiger partial charge in [-0.3, -0.25) is 9.69 Å². The van der Waals surface area contributed by atoms with Gasteiger partial charge in [-0.2, -0.15) is 0 Å². The maximum atomic E-state index is 12.3. The van der Waals surface area contributed by atoms with E-state index in [1.165, 1.54) is 0 Å². The summed E-state index contributed by atoms with van der Waals surface area (Å²) in [5, 5.41) is 3.91. The Morgan fingerprint density at radius 1 is 1.48 bits per heavy atom. The molecule has 1 fully saturated rings. The highest BCUT2D eigenvalue weighted by Crippen LogP contribution is 2.22. The normalized spacial score (nSPS) is 21.0. The second-order valence-electron chi connectivity index (χ2n) is 5.98. The van der Waals surface area contributed by atoms with Crippen molar-refractivity contribution in [2.24, 2.45) is 5.92 Å². The molecule has 0 saturated carbocycles. The number of benzene rings is 1. The number of rotatable bonds is 5. The maximum Gasteiger partial charge on any atom is 0.224 e. The van der Waals surface area contributed by atoms with Crippen LogP contribution in [-0.4, -0.2) is 29.9 Å². The van der Waals surface area contributed by atoms with Crippen molar-refractivity contribution in [3.8, 4) is 0 Å². The lowest BCUT2D eigenvalue weighted by atomic mass is 9.96. The van der Waals surface area contributed by atoms with Crippen LogP contribution in [0.15, 0.2) is 24.3 Å². The van der Waals surface area contributed by atoms with E-state index in [1.54, 1.807) is 0 Å². The molecule has 0 aromatic heterocycles. The zero-order valence-electron chi connectivity index (χ0n) is 12.9. The van der Waals surface area contributed by atoms with Gasteiger partial charge in [0.25, 0.3) is 0 Å². The maximum absolute atomic E-state index is 12.3. The Morgan fingerprint density at radius 2 is 2.24 bits per heavy atom. The molecular formula is C17H25ClN2O. The van der Waals surface area contributed by atoms with Crippen molar-refractivity contribution in [3.63, 3.8) is 0 Å². The molecule has 0 bridgehead atoms. The van der Waals surface area contributed by atoms with Gasteiger partial charge >= 0.3 is 0 Å². The summed E-state index contributed by atoms with van der Waals surface area (Å²) in [5.41, 5.74) is 1.14. The van der Waals surface area contributed by atoms with Gasteiger partial charge in [-0.05, 0) is 44.4 Å². The van der Waals surface area contributed by atoms with Gasteiger partial charge in [-0.25, -0.2) is 0 Å². The van der Waals surface area contributed by atoms with E-state index in [2.05, 4.69) is 30.1 Å². The highest BCUT2D eigenvalue weighted by atomic mass is 35.5. The van der Waals surface area contributed by atoms with Gasteiger partial charge in [-0.1, -0.05) is 36.7 Å². The first-order chi connectivity index (χ1) is 10.1. The second-order valence-corrected chi connectivity index (χ2v) is 6.39. The summed E-state index contributed by atoms with van der Waals surface area (Å²) in [4.78, 5) is 14.6. The van der Waals surface area contributed by atoms with E-state index in [9.17, 15) is 4.79 Å². The molecule has 4 heteroatoms. The molecule has 1 aromatic rings. The van der Waals surface area contributed by atoms with Crippen molar-refractivity contribution in [3.05, 3.63) is 34.9 Å². The van der Waals surface area contributed by atoms with E-state index < -0.39 is 0 Å². The van der Waals surface area contributed by atoms with Crippen LogP contribution in [0.1, 0.15) is 38.7 Å². The van der Waals surface area contributed by atoms with Gasteiger partial charge in [0.15, 0.2) is 0 Å². The Morgan fingerprint density at radius 3 is 2.95 bits per heavy atom. The summed E-state index contributed by atoms with van der Waals surface area (Å²) in [6, 6.07) is 8.21. The summed E-state index contributed by atoms with van der Waals surface area (Å²) in [5.74, 6) is 0.309. The van der Waals surface area contributed by atoms with E-state index in [1.807, 2.05) is 18.2 Å². The first-order valence-electron chi connectivity index (χ1n) is 7.86. The Kier molecular flexibility index (Phi) is 6.07. The zero-order chi connectivity index (χ0) is 15.2. The highest BCUT2D eigenvalue weighted by molar-refractivity contribution is 6.31. The van der Waals surface area contributed by atoms with Gasteiger partial charge < -0.3 is 5.32 Å². The third-order valence-corrected chi connectivity index (χ3v) is 4.60. The lowest BCUT2D eigenvalue weighted by Gasteiger charge is -2.32. The summed E-state index contributed by atoms with van der Waals surface area (Å²) < 4.78 is 0. The number of carbonyl (C=O) groups excluding carboxylic acids is 1. The summed E-state index contributed by atoms with van der Waals surface area (Å²) in [6.07, 6.45) is 3.03. The molecule has 3 nitrogen and oxygen atoms in total. The van der Waals surface area contributed by atoms with Crippen LogP contribution in [0.3, 0.4) is 0 Å². The minimum absolute atomic E-state index is 0.107. The van der Waals surface area contributed by atoms with Gasteiger partial charge in [-0.15, -0.1) is 0 Å². The molecule has 0 aliphatic carbocycles. The molecule has 1 aliphatic rings. The van der Waals surface area contributed by atoms with E-state index in [0.717, 1.165) is 49.5 Å². The molecule has 2 rings (SSSR count). The predicted octanol–water partition coefficient (Wildman–Crippen LogP) is 3.47. The highest BCUT2D eigenvalue weighted by Gasteiger charge is 2.26. The summed E-state index contributed by atoms with van der Waals surface area (Å²) in [6.45, 7) is 6.84. The molecular weight excluding hydrogens is 284 g/mol. The standard InChI is InChI=1S/C17H25ClN2O/c1-3-13(2)19-17(21)15-8-6-10-20(12-15)11-14-7-4-5-9-16(14)18/h4-5,7,9,13,15H,3,6,8,10-12H2,1-2H3,(H,19,21). The molecule has 2 atom stereocenters. The van der Waals surface area contributed by atoms with Crippen molar-refractivity contribution in [2.45, 2.75) is 45.7 Å². The lowest BCUT2D eigenvalue weighted by Crippen LogP contribution is -2.44. The summed E-state index contributed by atoms with van der Waals surface area (Å²) >= 11 is 6.22. The predicted molar refractivity (Wildman–Crippen MR) is 87.3 cm³/mol. The fourth-order valence-corrected chi connectivity index (χ4v) is 2.94. The number of likely N-dealkylation sites (tertiary alicyclic amines) is 1. The molecule has 0 spiro atoms. The van der Waals surface area contributed by atoms with Crippen LogP contribution < -0.4 is 5.32 Å². The zero-order valence-corrected chi connectivity index (χ0v) is 13.7. The second kappa shape index (κ2) is 7.81. The van der Waals surface area contributed by atoms with Crippen molar-refractivity contribution < 1.29 is 4.79 Å². The van der Waals surface area contributed by atoms with Crippen molar-refractivity contribution in [2.75, 3.05) is 13.1 Å². The molecule has 1 aromatic carbocycles. The quantitative estimate of drug-likeness (QED) is 0.903. The minimum Gasteiger partial charge on any atom is -0.353 e. The number of nitrogens with one attached hydrogen (secondary N) is 1. The Hall–Kier alpha value is -1.06. The monoisotopic (exact) mass is 308 g/mol. The molecule has 21 heavy (non-hydrogen) atoms. The lowest BCUT2D eigenvalue weighted by molar-refractivity contribution is -0.127. The molecule has 1 heterocycles. The van der Waals surface area contributed by atoms with Crippen molar-refractivity contribution >= 4 is 17.5 Å². The number of hydrogen-bond donors (Lipinski definition) is 1. The topological polar surface area (TPSA) is 32.3 Å². The van der Waals surface area contributed by atoms with Gasteiger partial charge in [0.05, 0.1) is 5.92 Å². The average molecular weight is 309 g/mol. The number of amides is 1. The van der Waals surface area contributed by atoms with Crippen molar-refractivity contribution in [1.29, 1.82) is 0 Å². The van der Waals surface area contributed by atoms with Crippen LogP contribution in [0, 0.1) is 5.92 Å². The van der Waals surface area contributed by atoms with Gasteiger partial charge in [0.1, 0.15) is 0 Å². The molecule has 116 valence electrons. The fraction of sp³-hybridized carbons (Fsp3) is 0.588. The number of nitrogens with zero attached hydrogens (tertiary/aromatic N) is 1. The molecule has 0 radical (unpaired) electrons. The minimum atomic E-state index is 0.107. The van der Waals surface area contributed by atoms with Crippen molar-refractivity contribution in [1.82, 2.24) is 10.2 Å². The molecule has 1 amide bonds. The average Bonchev–Trinajstić information content (AvgIpc) is 2.49. The number of halogens is 1. The van der Waals surface area contributed by atoms with Crippen LogP contribution in [0.25, 0.3) is 0 Å². The first kappa shape index (κ1) is 16.3. The van der Waals surface area contributed by atoms with E-state index in [-0.39, 0.29) is 17.9 Å². The molecule has 2 unspecified atom stereocenters. The smallest absolute Gasteiger partial charge is 0.224 e. The van der Waals surface area contributed by atoms with Crippen LogP contribution >= 0.6 is 11.6 Å². The largest absolute Gasteiger partial charge is 0.353 e.